The molecule has 1 aliphatic carbocycles. The summed E-state index contributed by atoms with van der Waals surface area (Å²) in [5.41, 5.74) is 9.83. The van der Waals surface area contributed by atoms with E-state index in [-0.39, 0.29) is 6.04 Å². The van der Waals surface area contributed by atoms with Crippen LogP contribution in [-0.4, -0.2) is 0 Å². The van der Waals surface area contributed by atoms with Crippen LogP contribution >= 0.6 is 0 Å². The van der Waals surface area contributed by atoms with Crippen molar-refractivity contribution in [2.45, 2.75) is 25.3 Å². The predicted octanol–water partition coefficient (Wildman–Crippen LogP) is 3.97. The van der Waals surface area contributed by atoms with Crippen LogP contribution in [0.25, 0.3) is 11.1 Å². The van der Waals surface area contributed by atoms with Gasteiger partial charge in [0.2, 0.25) is 0 Å². The van der Waals surface area contributed by atoms with Gasteiger partial charge >= 0.3 is 0 Å². The van der Waals surface area contributed by atoms with Gasteiger partial charge < -0.3 is 5.73 Å². The van der Waals surface area contributed by atoms with Crippen LogP contribution in [0.4, 0.5) is 8.78 Å². The third kappa shape index (κ3) is 2.38. The first kappa shape index (κ1) is 12.3. The molecule has 0 aromatic heterocycles. The fourth-order valence-corrected chi connectivity index (χ4v) is 2.74. The second kappa shape index (κ2) is 4.74. The van der Waals surface area contributed by atoms with Gasteiger partial charge in [-0.15, -0.1) is 0 Å². The Hall–Kier alpha value is -1.74. The highest BCUT2D eigenvalue weighted by Gasteiger charge is 2.17. The molecular weight excluding hydrogens is 244 g/mol. The molecule has 1 nitrogen and oxygen atoms in total. The largest absolute Gasteiger partial charge is 0.324 e. The summed E-state index contributed by atoms with van der Waals surface area (Å²) in [6.07, 6.45) is 3.09. The summed E-state index contributed by atoms with van der Waals surface area (Å²) >= 11 is 0. The second-order valence-corrected chi connectivity index (χ2v) is 5.07. The van der Waals surface area contributed by atoms with E-state index >= 15 is 0 Å². The number of halogens is 2. The van der Waals surface area contributed by atoms with E-state index in [0.717, 1.165) is 36.5 Å². The summed E-state index contributed by atoms with van der Waals surface area (Å²) < 4.78 is 26.5. The SMILES string of the molecule is NC1CCCc2ccc(-c3cc(F)cc(F)c3)cc21. The summed E-state index contributed by atoms with van der Waals surface area (Å²) in [5.74, 6) is -1.12. The van der Waals surface area contributed by atoms with E-state index in [9.17, 15) is 8.78 Å². The van der Waals surface area contributed by atoms with Crippen molar-refractivity contribution in [2.75, 3.05) is 0 Å². The zero-order chi connectivity index (χ0) is 13.4. The van der Waals surface area contributed by atoms with Crippen molar-refractivity contribution in [3.8, 4) is 11.1 Å². The van der Waals surface area contributed by atoms with Crippen LogP contribution in [0.1, 0.15) is 30.0 Å². The van der Waals surface area contributed by atoms with Crippen LogP contribution in [0.15, 0.2) is 36.4 Å². The lowest BCUT2D eigenvalue weighted by Crippen LogP contribution is -2.17. The summed E-state index contributed by atoms with van der Waals surface area (Å²) in [6.45, 7) is 0. The van der Waals surface area contributed by atoms with E-state index in [4.69, 9.17) is 5.73 Å². The smallest absolute Gasteiger partial charge is 0.126 e. The van der Waals surface area contributed by atoms with Gasteiger partial charge in [0.1, 0.15) is 11.6 Å². The van der Waals surface area contributed by atoms with Crippen molar-refractivity contribution in [3.05, 3.63) is 59.2 Å². The van der Waals surface area contributed by atoms with E-state index in [0.29, 0.717) is 5.56 Å². The Bertz CT molecular complexity index is 602. The third-order valence-corrected chi connectivity index (χ3v) is 3.70. The van der Waals surface area contributed by atoms with Gasteiger partial charge in [0.15, 0.2) is 0 Å². The lowest BCUT2D eigenvalue weighted by Gasteiger charge is -2.23. The quantitative estimate of drug-likeness (QED) is 0.824. The monoisotopic (exact) mass is 259 g/mol. The molecule has 0 aliphatic heterocycles. The zero-order valence-electron chi connectivity index (χ0n) is 10.5. The maximum atomic E-state index is 13.3. The average molecular weight is 259 g/mol. The normalized spacial score (nSPS) is 18.2. The van der Waals surface area contributed by atoms with Gasteiger partial charge in [-0.1, -0.05) is 12.1 Å². The van der Waals surface area contributed by atoms with Gasteiger partial charge in [0, 0.05) is 12.1 Å². The molecule has 0 amide bonds. The molecule has 1 aliphatic rings. The molecule has 3 rings (SSSR count). The molecule has 0 spiro atoms. The molecule has 2 aromatic rings. The highest BCUT2D eigenvalue weighted by molar-refractivity contribution is 5.65. The Morgan fingerprint density at radius 2 is 1.68 bits per heavy atom. The van der Waals surface area contributed by atoms with Crippen molar-refractivity contribution in [2.24, 2.45) is 5.73 Å². The molecule has 1 unspecified atom stereocenters. The van der Waals surface area contributed by atoms with Crippen LogP contribution in [0, 0.1) is 11.6 Å². The maximum absolute atomic E-state index is 13.3. The van der Waals surface area contributed by atoms with Gasteiger partial charge in [0.05, 0.1) is 0 Å². The predicted molar refractivity (Wildman–Crippen MR) is 71.7 cm³/mol. The average Bonchev–Trinajstić information content (AvgIpc) is 2.38. The number of benzene rings is 2. The van der Waals surface area contributed by atoms with Crippen LogP contribution in [0.2, 0.25) is 0 Å². The Morgan fingerprint density at radius 3 is 2.42 bits per heavy atom. The molecule has 1 atom stereocenters. The summed E-state index contributed by atoms with van der Waals surface area (Å²) in [5, 5.41) is 0. The number of fused-ring (bicyclic) bond motifs is 1. The Kier molecular flexibility index (Phi) is 3.07. The molecule has 2 aromatic carbocycles. The highest BCUT2D eigenvalue weighted by atomic mass is 19.1. The molecule has 0 saturated carbocycles. The number of hydrogen-bond acceptors (Lipinski definition) is 1. The first-order valence-corrected chi connectivity index (χ1v) is 6.48. The lowest BCUT2D eigenvalue weighted by molar-refractivity contribution is 0.570. The Morgan fingerprint density at radius 1 is 0.947 bits per heavy atom. The number of hydrogen-bond donors (Lipinski definition) is 1. The first-order chi connectivity index (χ1) is 9.13. The summed E-state index contributed by atoms with van der Waals surface area (Å²) in [6, 6.07) is 9.50. The van der Waals surface area contributed by atoms with E-state index in [1.54, 1.807) is 0 Å². The molecule has 98 valence electrons. The number of rotatable bonds is 1. The van der Waals surface area contributed by atoms with Crippen LogP contribution < -0.4 is 5.73 Å². The zero-order valence-corrected chi connectivity index (χ0v) is 10.5. The van der Waals surface area contributed by atoms with Crippen molar-refractivity contribution in [1.82, 2.24) is 0 Å². The Balaban J connectivity index is 2.08. The fraction of sp³-hybridized carbons (Fsp3) is 0.250. The summed E-state index contributed by atoms with van der Waals surface area (Å²) in [4.78, 5) is 0. The molecule has 0 bridgehead atoms. The maximum Gasteiger partial charge on any atom is 0.126 e. The third-order valence-electron chi connectivity index (χ3n) is 3.70. The van der Waals surface area contributed by atoms with Gasteiger partial charge in [0.25, 0.3) is 0 Å². The molecule has 0 heterocycles. The lowest BCUT2D eigenvalue weighted by atomic mass is 9.86. The minimum absolute atomic E-state index is 0.0297. The van der Waals surface area contributed by atoms with Gasteiger partial charge in [-0.25, -0.2) is 8.78 Å². The molecular formula is C16H15F2N. The van der Waals surface area contributed by atoms with Crippen LogP contribution in [0.5, 0.6) is 0 Å². The van der Waals surface area contributed by atoms with Crippen molar-refractivity contribution >= 4 is 0 Å². The molecule has 0 saturated heterocycles. The minimum Gasteiger partial charge on any atom is -0.324 e. The van der Waals surface area contributed by atoms with Crippen molar-refractivity contribution < 1.29 is 8.78 Å². The van der Waals surface area contributed by atoms with Crippen LogP contribution in [-0.2, 0) is 6.42 Å². The second-order valence-electron chi connectivity index (χ2n) is 5.07. The number of nitrogens with two attached hydrogens (primary N) is 1. The Labute approximate surface area is 111 Å². The molecule has 19 heavy (non-hydrogen) atoms. The topological polar surface area (TPSA) is 26.0 Å². The standard InChI is InChI=1S/C16H15F2N/c17-13-6-12(7-14(18)9-13)11-5-4-10-2-1-3-16(19)15(10)8-11/h4-9,16H,1-3,19H2. The number of aryl methyl sites for hydroxylation is 1. The van der Waals surface area contributed by atoms with Crippen molar-refractivity contribution in [3.63, 3.8) is 0 Å². The van der Waals surface area contributed by atoms with E-state index in [1.807, 2.05) is 18.2 Å². The van der Waals surface area contributed by atoms with E-state index in [2.05, 4.69) is 0 Å². The highest BCUT2D eigenvalue weighted by Crippen LogP contribution is 2.32. The molecule has 3 heteroatoms. The molecule has 0 fully saturated rings. The van der Waals surface area contributed by atoms with Crippen molar-refractivity contribution in [1.29, 1.82) is 0 Å². The molecule has 0 radical (unpaired) electrons. The van der Waals surface area contributed by atoms with Gasteiger partial charge in [-0.3, -0.25) is 0 Å². The first-order valence-electron chi connectivity index (χ1n) is 6.48. The minimum atomic E-state index is -0.558. The van der Waals surface area contributed by atoms with E-state index in [1.165, 1.54) is 17.7 Å². The van der Waals surface area contributed by atoms with Gasteiger partial charge in [-0.05, 0) is 59.7 Å². The van der Waals surface area contributed by atoms with E-state index < -0.39 is 11.6 Å². The van der Waals surface area contributed by atoms with Gasteiger partial charge in [-0.2, -0.15) is 0 Å². The summed E-state index contributed by atoms with van der Waals surface area (Å²) in [7, 11) is 0. The van der Waals surface area contributed by atoms with Crippen LogP contribution in [0.3, 0.4) is 0 Å². The fourth-order valence-electron chi connectivity index (χ4n) is 2.74. The molecule has 2 N–H and O–H groups in total.